The number of pyridine rings is 1. The third kappa shape index (κ3) is 2.86. The first-order valence-electron chi connectivity index (χ1n) is 6.07. The number of hydrogen-bond acceptors (Lipinski definition) is 2. The Bertz CT molecular complexity index is 746. The maximum absolute atomic E-state index is 11.9. The molecule has 5 heteroatoms. The van der Waals surface area contributed by atoms with E-state index in [1.807, 2.05) is 44.3 Å². The number of aromatic amines is 1. The first-order chi connectivity index (χ1) is 9.24. The summed E-state index contributed by atoms with van der Waals surface area (Å²) in [6.45, 7) is 4.00. The summed E-state index contributed by atoms with van der Waals surface area (Å²) in [6.07, 6.45) is 3.59. The molecule has 0 unspecified atom stereocenters. The lowest BCUT2D eigenvalue weighted by molar-refractivity contribution is 1.06. The van der Waals surface area contributed by atoms with E-state index in [-0.39, 0.29) is 5.43 Å². The third-order valence-electron chi connectivity index (χ3n) is 2.60. The molecule has 0 aliphatic rings. The van der Waals surface area contributed by atoms with E-state index in [1.54, 1.807) is 15.2 Å². The van der Waals surface area contributed by atoms with Gasteiger partial charge in [0.05, 0.1) is 34.8 Å². The van der Waals surface area contributed by atoms with Crippen molar-refractivity contribution in [2.75, 3.05) is 0 Å². The Hall–Kier alpha value is -1.63. The van der Waals surface area contributed by atoms with Gasteiger partial charge in [0, 0.05) is 28.7 Å². The van der Waals surface area contributed by atoms with Gasteiger partial charge in [0.1, 0.15) is 0 Å². The summed E-state index contributed by atoms with van der Waals surface area (Å²) in [7, 11) is 0. The summed E-state index contributed by atoms with van der Waals surface area (Å²) >= 11 is 2.07. The highest BCUT2D eigenvalue weighted by atomic mass is 127. The summed E-state index contributed by atoms with van der Waals surface area (Å²) in [6, 6.07) is 9.09. The van der Waals surface area contributed by atoms with E-state index in [0.717, 1.165) is 16.8 Å². The van der Waals surface area contributed by atoms with Gasteiger partial charge in [-0.3, -0.25) is 4.79 Å². The van der Waals surface area contributed by atoms with Crippen molar-refractivity contribution in [2.45, 2.75) is 13.8 Å². The van der Waals surface area contributed by atoms with Gasteiger partial charge < -0.3 is 4.98 Å². The molecule has 4 nitrogen and oxygen atoms in total. The van der Waals surface area contributed by atoms with Gasteiger partial charge in [-0.15, -0.1) is 0 Å². The van der Waals surface area contributed by atoms with Crippen molar-refractivity contribution in [1.82, 2.24) is 13.0 Å². The minimum Gasteiger partial charge on any atom is -0.354 e. The van der Waals surface area contributed by atoms with Crippen LogP contribution in [0, 0.1) is 0 Å². The van der Waals surface area contributed by atoms with Gasteiger partial charge in [-0.1, -0.05) is 26.0 Å². The van der Waals surface area contributed by atoms with Crippen LogP contribution in [0.25, 0.3) is 22.2 Å². The number of hydrogen-bond donors (Lipinski definition) is 1. The Morgan fingerprint density at radius 2 is 2.00 bits per heavy atom. The van der Waals surface area contributed by atoms with E-state index in [1.165, 1.54) is 0 Å². The van der Waals surface area contributed by atoms with Gasteiger partial charge in [-0.25, -0.2) is 2.90 Å². The van der Waals surface area contributed by atoms with Crippen LogP contribution in [-0.2, 0) is 0 Å². The highest BCUT2D eigenvalue weighted by Gasteiger charge is 2.05. The molecule has 3 aromatic rings. The Kier molecular flexibility index (Phi) is 4.36. The van der Waals surface area contributed by atoms with Gasteiger partial charge in [0.2, 0.25) is 0 Å². The summed E-state index contributed by atoms with van der Waals surface area (Å²) in [4.78, 5) is 15.2. The summed E-state index contributed by atoms with van der Waals surface area (Å²) in [5, 5.41) is 4.79. The monoisotopic (exact) mass is 367 g/mol. The Balaban J connectivity index is 0.000000637. The van der Waals surface area contributed by atoms with Gasteiger partial charge in [0.25, 0.3) is 0 Å². The first-order valence-corrected chi connectivity index (χ1v) is 7.04. The number of rotatable bonds is 1. The summed E-state index contributed by atoms with van der Waals surface area (Å²) in [5.74, 6) is 0. The predicted molar refractivity (Wildman–Crippen MR) is 86.6 cm³/mol. The maximum Gasteiger partial charge on any atom is 0.190 e. The molecule has 0 fully saturated rings. The number of nitrogens with one attached hydrogen (secondary N) is 1. The van der Waals surface area contributed by atoms with Crippen molar-refractivity contribution in [2.24, 2.45) is 0 Å². The van der Waals surface area contributed by atoms with E-state index in [9.17, 15) is 4.79 Å². The average molecular weight is 367 g/mol. The first kappa shape index (κ1) is 13.8. The molecular weight excluding hydrogens is 353 g/mol. The van der Waals surface area contributed by atoms with E-state index in [2.05, 4.69) is 32.9 Å². The smallest absolute Gasteiger partial charge is 0.190 e. The second-order valence-corrected chi connectivity index (χ2v) is 4.70. The van der Waals surface area contributed by atoms with Crippen molar-refractivity contribution in [3.8, 4) is 11.3 Å². The number of aromatic nitrogens is 3. The Labute approximate surface area is 125 Å². The second kappa shape index (κ2) is 6.01. The van der Waals surface area contributed by atoms with Crippen LogP contribution in [0.15, 0.2) is 47.5 Å². The van der Waals surface area contributed by atoms with E-state index in [0.29, 0.717) is 5.39 Å². The number of para-hydroxylation sites is 1. The highest BCUT2D eigenvalue weighted by molar-refractivity contribution is 14.1. The minimum atomic E-state index is 0.0237. The largest absolute Gasteiger partial charge is 0.354 e. The van der Waals surface area contributed by atoms with Crippen molar-refractivity contribution in [3.05, 3.63) is 52.9 Å². The third-order valence-corrected chi connectivity index (χ3v) is 3.13. The molecule has 0 aliphatic carbocycles. The molecular formula is C14H14IN3O. The second-order valence-electron chi connectivity index (χ2n) is 3.71. The van der Waals surface area contributed by atoms with Gasteiger partial charge >= 0.3 is 0 Å². The van der Waals surface area contributed by atoms with Crippen molar-refractivity contribution in [3.63, 3.8) is 0 Å². The quantitative estimate of drug-likeness (QED) is 0.668. The van der Waals surface area contributed by atoms with Crippen LogP contribution in [0.4, 0.5) is 0 Å². The van der Waals surface area contributed by atoms with Crippen LogP contribution in [-0.4, -0.2) is 13.0 Å². The SMILES string of the molecule is CC.O=c1cc(-c2cnn(I)c2)[nH]c2ccccc12. The fourth-order valence-electron chi connectivity index (χ4n) is 1.79. The molecule has 1 aromatic carbocycles. The Morgan fingerprint density at radius 3 is 2.68 bits per heavy atom. The number of halogens is 1. The highest BCUT2D eigenvalue weighted by Crippen LogP contribution is 2.18. The van der Waals surface area contributed by atoms with Crippen molar-refractivity contribution in [1.29, 1.82) is 0 Å². The van der Waals surface area contributed by atoms with Crippen molar-refractivity contribution < 1.29 is 0 Å². The summed E-state index contributed by atoms with van der Waals surface area (Å²) in [5.41, 5.74) is 2.56. The fraction of sp³-hybridized carbons (Fsp3) is 0.143. The lowest BCUT2D eigenvalue weighted by atomic mass is 10.1. The standard InChI is InChI=1S/C12H8IN3O.C2H6/c13-16-7-8(6-14-16)11-5-12(17)9-3-1-2-4-10(9)15-11;1-2/h1-7H,(H,15,17);1-2H3. The molecule has 1 N–H and O–H groups in total. The normalized spacial score (nSPS) is 10.1. The van der Waals surface area contributed by atoms with Gasteiger partial charge in [-0.2, -0.15) is 5.10 Å². The number of H-pyrrole nitrogens is 1. The molecule has 0 aliphatic heterocycles. The number of fused-ring (bicyclic) bond motifs is 1. The fourth-order valence-corrected chi connectivity index (χ4v) is 2.22. The van der Waals surface area contributed by atoms with Crippen molar-refractivity contribution >= 4 is 33.8 Å². The molecule has 2 heterocycles. The van der Waals surface area contributed by atoms with Gasteiger partial charge in [-0.05, 0) is 12.1 Å². The number of benzene rings is 1. The zero-order valence-corrected chi connectivity index (χ0v) is 12.9. The predicted octanol–water partition coefficient (Wildman–Crippen LogP) is 3.62. The lowest BCUT2D eigenvalue weighted by Crippen LogP contribution is -2.02. The zero-order valence-electron chi connectivity index (χ0n) is 10.7. The van der Waals surface area contributed by atoms with Crippen LogP contribution in [0.5, 0.6) is 0 Å². The van der Waals surface area contributed by atoms with Crippen LogP contribution < -0.4 is 5.43 Å². The van der Waals surface area contributed by atoms with E-state index < -0.39 is 0 Å². The minimum absolute atomic E-state index is 0.0237. The molecule has 0 saturated heterocycles. The van der Waals surface area contributed by atoms with Crippen LogP contribution >= 0.6 is 22.9 Å². The van der Waals surface area contributed by atoms with Crippen LogP contribution in [0.2, 0.25) is 0 Å². The van der Waals surface area contributed by atoms with Crippen LogP contribution in [0.1, 0.15) is 13.8 Å². The molecule has 0 radical (unpaired) electrons. The van der Waals surface area contributed by atoms with Gasteiger partial charge in [0.15, 0.2) is 5.43 Å². The molecule has 2 aromatic heterocycles. The molecule has 0 atom stereocenters. The number of nitrogens with zero attached hydrogens (tertiary/aromatic N) is 2. The molecule has 0 bridgehead atoms. The zero-order chi connectivity index (χ0) is 13.8. The molecule has 0 saturated carbocycles. The van der Waals surface area contributed by atoms with E-state index >= 15 is 0 Å². The van der Waals surface area contributed by atoms with E-state index in [4.69, 9.17) is 0 Å². The maximum atomic E-state index is 11.9. The van der Waals surface area contributed by atoms with Crippen LogP contribution in [0.3, 0.4) is 0 Å². The topological polar surface area (TPSA) is 50.7 Å². The molecule has 98 valence electrons. The molecule has 0 amide bonds. The lowest BCUT2D eigenvalue weighted by Gasteiger charge is -2.01. The molecule has 0 spiro atoms. The molecule has 3 rings (SSSR count). The Morgan fingerprint density at radius 1 is 1.26 bits per heavy atom. The average Bonchev–Trinajstić information content (AvgIpc) is 2.88. The summed E-state index contributed by atoms with van der Waals surface area (Å²) < 4.78 is 1.68. The molecule has 19 heavy (non-hydrogen) atoms.